The van der Waals surface area contributed by atoms with Crippen LogP contribution in [-0.2, 0) is 24.1 Å². The Morgan fingerprint density at radius 1 is 1.89 bits per heavy atom. The van der Waals surface area contributed by atoms with E-state index >= 15 is 0 Å². The Bertz CT molecular complexity index is 177. The molecule has 54 valence electrons. The Balaban J connectivity index is 3.48. The van der Waals surface area contributed by atoms with Crippen LogP contribution >= 0.6 is 0 Å². The minimum atomic E-state index is -1.52. The number of nitrogens with zero attached hydrogens (tertiary/aromatic N) is 1. The SMILES string of the molecule is CO/[SH](=O)=[SH]/CCC#N. The highest BCUT2D eigenvalue weighted by molar-refractivity contribution is 8.27. The van der Waals surface area contributed by atoms with Crippen LogP contribution in [0.4, 0.5) is 0 Å². The van der Waals surface area contributed by atoms with E-state index in [0.717, 1.165) is 10.3 Å². The molecule has 0 amide bonds. The van der Waals surface area contributed by atoms with Crippen molar-refractivity contribution in [2.24, 2.45) is 0 Å². The van der Waals surface area contributed by atoms with Gasteiger partial charge in [0.1, 0.15) is 0 Å². The fourth-order valence-corrected chi connectivity index (χ4v) is 1.85. The molecule has 9 heavy (non-hydrogen) atoms. The van der Waals surface area contributed by atoms with Crippen LogP contribution < -0.4 is 0 Å². The first-order chi connectivity index (χ1) is 4.31. The Hall–Kier alpha value is -0.0500. The van der Waals surface area contributed by atoms with E-state index in [1.165, 1.54) is 7.11 Å². The molecule has 5 heteroatoms. The van der Waals surface area contributed by atoms with Crippen LogP contribution in [0.5, 0.6) is 0 Å². The van der Waals surface area contributed by atoms with E-state index < -0.39 is 9.64 Å². The van der Waals surface area contributed by atoms with Gasteiger partial charge in [0.2, 0.25) is 0 Å². The molecule has 0 saturated heterocycles. The molecule has 0 radical (unpaired) electrons. The molecule has 0 rings (SSSR count). The molecule has 0 aliphatic carbocycles. The van der Waals surface area contributed by atoms with Crippen molar-refractivity contribution in [3.63, 3.8) is 0 Å². The van der Waals surface area contributed by atoms with Gasteiger partial charge in [-0.25, -0.2) is 4.21 Å². The van der Waals surface area contributed by atoms with Crippen LogP contribution in [0, 0.1) is 11.3 Å². The quantitative estimate of drug-likeness (QED) is 0.447. The van der Waals surface area contributed by atoms with E-state index in [1.807, 2.05) is 6.07 Å². The largest absolute Gasteiger partial charge is 0.299 e. The molecule has 0 aliphatic heterocycles. The van der Waals surface area contributed by atoms with Gasteiger partial charge in [0.15, 0.2) is 0 Å². The van der Waals surface area contributed by atoms with Crippen LogP contribution in [0.1, 0.15) is 6.42 Å². The third-order valence-corrected chi connectivity index (χ3v) is 3.34. The van der Waals surface area contributed by atoms with Crippen LogP contribution in [-0.4, -0.2) is 17.1 Å². The first-order valence-corrected chi connectivity index (χ1v) is 5.33. The van der Waals surface area contributed by atoms with Crippen molar-refractivity contribution in [3.8, 4) is 6.07 Å². The molecule has 0 aromatic heterocycles. The molecule has 0 N–H and O–H groups in total. The fourth-order valence-electron chi connectivity index (χ4n) is 0.239. The fraction of sp³-hybridized carbons (Fsp3) is 0.750. The highest BCUT2D eigenvalue weighted by atomic mass is 32.8. The summed E-state index contributed by atoms with van der Waals surface area (Å²) in [5.41, 5.74) is 0. The summed E-state index contributed by atoms with van der Waals surface area (Å²) in [5.74, 6) is 0.638. The lowest BCUT2D eigenvalue weighted by molar-refractivity contribution is 0.459. The van der Waals surface area contributed by atoms with Gasteiger partial charge in [-0.2, -0.15) is 5.26 Å². The maximum absolute atomic E-state index is 10.5. The molecule has 1 atom stereocenters. The number of rotatable bonds is 3. The zero-order chi connectivity index (χ0) is 7.11. The van der Waals surface area contributed by atoms with Crippen LogP contribution in [0.2, 0.25) is 0 Å². The second-order valence-electron chi connectivity index (χ2n) is 1.19. The van der Waals surface area contributed by atoms with Crippen molar-refractivity contribution in [1.29, 1.82) is 5.26 Å². The van der Waals surface area contributed by atoms with Crippen molar-refractivity contribution in [2.75, 3.05) is 12.9 Å². The van der Waals surface area contributed by atoms with Gasteiger partial charge in [0, 0.05) is 12.2 Å². The predicted molar refractivity (Wildman–Crippen MR) is 40.4 cm³/mol. The maximum Gasteiger partial charge on any atom is 0.0916 e. The predicted octanol–water partition coefficient (Wildman–Crippen LogP) is -0.328. The Labute approximate surface area is 59.5 Å². The second kappa shape index (κ2) is 6.08. The average Bonchev–Trinajstić information content (AvgIpc) is 1.89. The molecule has 0 aromatic carbocycles. The van der Waals surface area contributed by atoms with Gasteiger partial charge in [0.05, 0.1) is 22.8 Å². The molecule has 1 unspecified atom stereocenters. The molecule has 0 fully saturated rings. The van der Waals surface area contributed by atoms with Crippen molar-refractivity contribution in [2.45, 2.75) is 6.42 Å². The van der Waals surface area contributed by atoms with Gasteiger partial charge in [-0.15, -0.1) is 10.3 Å². The van der Waals surface area contributed by atoms with Crippen LogP contribution in [0.3, 0.4) is 0 Å². The summed E-state index contributed by atoms with van der Waals surface area (Å²) in [7, 11) is 0.603. The molecular formula is C4H9NO2S2. The van der Waals surface area contributed by atoms with Gasteiger partial charge in [-0.05, 0) is 0 Å². The van der Waals surface area contributed by atoms with Gasteiger partial charge in [0.25, 0.3) is 0 Å². The van der Waals surface area contributed by atoms with Crippen molar-refractivity contribution < 1.29 is 8.39 Å². The summed E-state index contributed by atoms with van der Waals surface area (Å²) in [6, 6.07) is 1.96. The summed E-state index contributed by atoms with van der Waals surface area (Å²) in [5, 5.41) is 8.06. The topological polar surface area (TPSA) is 50.1 Å². The molecule has 0 bridgehead atoms. The number of hydrogen-bond acceptors (Lipinski definition) is 3. The zero-order valence-corrected chi connectivity index (χ0v) is 6.86. The van der Waals surface area contributed by atoms with Crippen molar-refractivity contribution in [3.05, 3.63) is 0 Å². The molecule has 0 aliphatic rings. The van der Waals surface area contributed by atoms with Crippen molar-refractivity contribution in [1.82, 2.24) is 0 Å². The van der Waals surface area contributed by atoms with E-state index in [0.29, 0.717) is 12.2 Å². The van der Waals surface area contributed by atoms with E-state index in [1.54, 1.807) is 0 Å². The van der Waals surface area contributed by atoms with Crippen LogP contribution in [0.15, 0.2) is 0 Å². The smallest absolute Gasteiger partial charge is 0.0916 e. The molecule has 0 saturated carbocycles. The second-order valence-corrected chi connectivity index (χ2v) is 4.59. The molecular weight excluding hydrogens is 158 g/mol. The first-order valence-electron chi connectivity index (χ1n) is 2.37. The first kappa shape index (κ1) is 8.95. The van der Waals surface area contributed by atoms with E-state index in [-0.39, 0.29) is 0 Å². The lowest BCUT2D eigenvalue weighted by Gasteiger charge is -1.84. The highest BCUT2D eigenvalue weighted by Gasteiger charge is 1.77. The van der Waals surface area contributed by atoms with Crippen molar-refractivity contribution >= 4 is 20.0 Å². The summed E-state index contributed by atoms with van der Waals surface area (Å²) >= 11 is 0. The maximum atomic E-state index is 10.5. The monoisotopic (exact) mass is 167 g/mol. The number of hydrogen-bond donors (Lipinski definition) is 2. The molecule has 0 spiro atoms. The van der Waals surface area contributed by atoms with E-state index in [9.17, 15) is 4.21 Å². The number of nitriles is 1. The van der Waals surface area contributed by atoms with Crippen LogP contribution in [0.25, 0.3) is 0 Å². The van der Waals surface area contributed by atoms with Gasteiger partial charge in [-0.3, -0.25) is 4.18 Å². The lowest BCUT2D eigenvalue weighted by Crippen LogP contribution is -1.85. The molecule has 0 heterocycles. The molecule has 0 aromatic rings. The minimum Gasteiger partial charge on any atom is -0.299 e. The average molecular weight is 167 g/mol. The Kier molecular flexibility index (Phi) is 6.04. The molecule has 3 nitrogen and oxygen atoms in total. The Morgan fingerprint density at radius 3 is 3.00 bits per heavy atom. The summed E-state index contributed by atoms with van der Waals surface area (Å²) in [4.78, 5) is 0. The zero-order valence-electron chi connectivity index (χ0n) is 5.07. The Morgan fingerprint density at radius 2 is 2.56 bits per heavy atom. The third kappa shape index (κ3) is 5.83. The summed E-state index contributed by atoms with van der Waals surface area (Å²) < 4.78 is 15.0. The van der Waals surface area contributed by atoms with E-state index in [4.69, 9.17) is 5.26 Å². The highest BCUT2D eigenvalue weighted by Crippen LogP contribution is 1.76. The normalized spacial score (nSPS) is 13.8. The minimum absolute atomic E-state index is 0.450. The summed E-state index contributed by atoms with van der Waals surface area (Å²) in [6.07, 6.45) is 0.450. The van der Waals surface area contributed by atoms with E-state index in [2.05, 4.69) is 4.18 Å². The lowest BCUT2D eigenvalue weighted by atomic mass is 10.6. The summed E-state index contributed by atoms with van der Waals surface area (Å²) in [6.45, 7) is 0. The standard InChI is InChI=1S/C4H9NO2S2/c1-7-9(6)8-4-2-3-5/h8-9H,2,4H2,1H3. The van der Waals surface area contributed by atoms with Gasteiger partial charge >= 0.3 is 0 Å². The van der Waals surface area contributed by atoms with Gasteiger partial charge in [-0.1, -0.05) is 0 Å². The third-order valence-electron chi connectivity index (χ3n) is 0.595. The van der Waals surface area contributed by atoms with Gasteiger partial charge < -0.3 is 0 Å². The number of thiol groups is 2.